The van der Waals surface area contributed by atoms with Gasteiger partial charge >= 0.3 is 0 Å². The number of hydrogen-bond donors (Lipinski definition) is 1. The molecule has 0 bridgehead atoms. The molecule has 1 N–H and O–H groups in total. The fourth-order valence-corrected chi connectivity index (χ4v) is 5.71. The van der Waals surface area contributed by atoms with Crippen LogP contribution in [0, 0.1) is 0 Å². The molecular formula is C25H27N5O3S. The zero-order valence-electron chi connectivity index (χ0n) is 18.9. The molecule has 1 unspecified atom stereocenters. The third-order valence-electron chi connectivity index (χ3n) is 6.59. The van der Waals surface area contributed by atoms with E-state index in [2.05, 4.69) is 25.1 Å². The number of fused-ring (bicyclic) bond motifs is 1. The fraction of sp³-hybridized carbons (Fsp3) is 0.400. The van der Waals surface area contributed by atoms with Crippen molar-refractivity contribution in [3.63, 3.8) is 0 Å². The number of ketones is 1. The summed E-state index contributed by atoms with van der Waals surface area (Å²) in [5.41, 5.74) is 2.89. The first kappa shape index (κ1) is 21.5. The average molecular weight is 478 g/mol. The molecule has 6 rings (SSSR count). The van der Waals surface area contributed by atoms with Crippen LogP contribution in [0.3, 0.4) is 0 Å². The van der Waals surface area contributed by atoms with Crippen molar-refractivity contribution in [2.24, 2.45) is 0 Å². The maximum absolute atomic E-state index is 12.8. The maximum atomic E-state index is 12.8. The first-order valence-corrected chi connectivity index (χ1v) is 12.7. The molecule has 2 fully saturated rings. The Labute approximate surface area is 202 Å². The van der Waals surface area contributed by atoms with Crippen molar-refractivity contribution in [3.8, 4) is 16.9 Å². The molecule has 2 aromatic heterocycles. The number of nitrogens with one attached hydrogen (secondary N) is 1. The van der Waals surface area contributed by atoms with Crippen molar-refractivity contribution < 1.29 is 14.3 Å². The maximum Gasteiger partial charge on any atom is 0.229 e. The average Bonchev–Trinajstić information content (AvgIpc) is 3.56. The molecule has 0 radical (unpaired) electrons. The highest BCUT2D eigenvalue weighted by molar-refractivity contribution is 7.13. The summed E-state index contributed by atoms with van der Waals surface area (Å²) < 4.78 is 11.8. The van der Waals surface area contributed by atoms with Gasteiger partial charge in [-0.2, -0.15) is 4.98 Å². The van der Waals surface area contributed by atoms with Gasteiger partial charge in [-0.1, -0.05) is 12.1 Å². The molecule has 8 nitrogen and oxygen atoms in total. The van der Waals surface area contributed by atoms with Crippen molar-refractivity contribution in [2.45, 2.75) is 25.5 Å². The number of benzene rings is 1. The van der Waals surface area contributed by atoms with E-state index in [9.17, 15) is 4.79 Å². The molecule has 1 aromatic carbocycles. The molecule has 3 aromatic rings. The Morgan fingerprint density at radius 1 is 1.03 bits per heavy atom. The van der Waals surface area contributed by atoms with Crippen LogP contribution < -0.4 is 15.0 Å². The van der Waals surface area contributed by atoms with Gasteiger partial charge in [0.1, 0.15) is 10.7 Å². The quantitative estimate of drug-likeness (QED) is 0.587. The molecule has 1 atom stereocenters. The highest BCUT2D eigenvalue weighted by atomic mass is 32.1. The molecule has 9 heteroatoms. The van der Waals surface area contributed by atoms with Crippen molar-refractivity contribution >= 4 is 34.6 Å². The molecule has 0 spiro atoms. The lowest BCUT2D eigenvalue weighted by Gasteiger charge is -2.36. The van der Waals surface area contributed by atoms with Gasteiger partial charge in [0.15, 0.2) is 17.8 Å². The van der Waals surface area contributed by atoms with Crippen LogP contribution in [0.25, 0.3) is 11.1 Å². The molecule has 34 heavy (non-hydrogen) atoms. The topological polar surface area (TPSA) is 79.8 Å². The Morgan fingerprint density at radius 2 is 1.82 bits per heavy atom. The lowest BCUT2D eigenvalue weighted by Crippen LogP contribution is -2.48. The van der Waals surface area contributed by atoms with Crippen LogP contribution in [-0.2, 0) is 4.74 Å². The van der Waals surface area contributed by atoms with Gasteiger partial charge in [0.05, 0.1) is 19.6 Å². The van der Waals surface area contributed by atoms with E-state index in [1.54, 1.807) is 6.20 Å². The summed E-state index contributed by atoms with van der Waals surface area (Å²) in [5.74, 6) is 2.42. The van der Waals surface area contributed by atoms with Crippen LogP contribution >= 0.6 is 11.3 Å². The van der Waals surface area contributed by atoms with E-state index < -0.39 is 0 Å². The molecule has 3 aliphatic heterocycles. The summed E-state index contributed by atoms with van der Waals surface area (Å²) in [5, 5.41) is 5.33. The van der Waals surface area contributed by atoms with Gasteiger partial charge in [-0.05, 0) is 36.6 Å². The Kier molecular flexibility index (Phi) is 5.90. The number of ether oxygens (including phenoxy) is 2. The van der Waals surface area contributed by atoms with Crippen molar-refractivity contribution in [1.29, 1.82) is 0 Å². The fourth-order valence-electron chi connectivity index (χ4n) is 4.75. The lowest BCUT2D eigenvalue weighted by molar-refractivity contribution is -0.0483. The number of nitrogens with zero attached hydrogens (tertiary/aromatic N) is 4. The number of carbonyl (C=O) groups is 1. The predicted octanol–water partition coefficient (Wildman–Crippen LogP) is 4.17. The second-order valence-electron chi connectivity index (χ2n) is 8.79. The summed E-state index contributed by atoms with van der Waals surface area (Å²) in [6.45, 7) is 5.02. The number of aromatic nitrogens is 2. The Balaban J connectivity index is 1.19. The van der Waals surface area contributed by atoms with Gasteiger partial charge in [-0.25, -0.2) is 4.98 Å². The van der Waals surface area contributed by atoms with Gasteiger partial charge in [-0.3, -0.25) is 9.69 Å². The normalized spacial score (nSPS) is 20.8. The molecule has 5 heterocycles. The van der Waals surface area contributed by atoms with Crippen LogP contribution in [0.2, 0.25) is 0 Å². The predicted molar refractivity (Wildman–Crippen MR) is 132 cm³/mol. The molecule has 2 saturated heterocycles. The van der Waals surface area contributed by atoms with E-state index in [1.807, 2.05) is 35.7 Å². The summed E-state index contributed by atoms with van der Waals surface area (Å²) in [6.07, 6.45) is 4.39. The number of thiophene rings is 1. The Hall–Kier alpha value is -3.01. The van der Waals surface area contributed by atoms with Gasteiger partial charge in [0, 0.05) is 49.0 Å². The van der Waals surface area contributed by atoms with E-state index in [-0.39, 0.29) is 12.0 Å². The second kappa shape index (κ2) is 9.32. The molecule has 176 valence electrons. The smallest absolute Gasteiger partial charge is 0.229 e. The van der Waals surface area contributed by atoms with Crippen molar-refractivity contribution in [1.82, 2.24) is 14.9 Å². The summed E-state index contributed by atoms with van der Waals surface area (Å²) in [6, 6.07) is 10.1. The number of carbonyl (C=O) groups excluding carboxylic acids is 1. The van der Waals surface area contributed by atoms with Crippen LogP contribution in [0.1, 0.15) is 28.9 Å². The summed E-state index contributed by atoms with van der Waals surface area (Å²) in [4.78, 5) is 27.1. The number of anilines is 3. The van der Waals surface area contributed by atoms with Gasteiger partial charge in [-0.15, -0.1) is 11.3 Å². The van der Waals surface area contributed by atoms with Crippen LogP contribution in [0.15, 0.2) is 41.9 Å². The van der Waals surface area contributed by atoms with Crippen molar-refractivity contribution in [2.75, 3.05) is 49.6 Å². The SMILES string of the molecule is O=C1CC(N2CCOCC2)Oc2c(-c3ccc(Nc4nccc(N5CCCC5)n4)cc3)csc21. The second-order valence-corrected chi connectivity index (χ2v) is 9.67. The summed E-state index contributed by atoms with van der Waals surface area (Å²) >= 11 is 1.47. The highest BCUT2D eigenvalue weighted by Gasteiger charge is 2.34. The highest BCUT2D eigenvalue weighted by Crippen LogP contribution is 2.43. The minimum atomic E-state index is -0.224. The molecular weight excluding hydrogens is 450 g/mol. The van der Waals surface area contributed by atoms with Crippen LogP contribution in [-0.4, -0.2) is 66.3 Å². The Morgan fingerprint density at radius 3 is 2.62 bits per heavy atom. The van der Waals surface area contributed by atoms with Gasteiger partial charge < -0.3 is 19.7 Å². The molecule has 0 aliphatic carbocycles. The number of morpholine rings is 1. The largest absolute Gasteiger partial charge is 0.472 e. The zero-order chi connectivity index (χ0) is 22.9. The molecule has 0 amide bonds. The third-order valence-corrected chi connectivity index (χ3v) is 7.59. The number of Topliss-reactive ketones (excluding diaryl/α,β-unsaturated/α-hetero) is 1. The first-order chi connectivity index (χ1) is 16.7. The van der Waals surface area contributed by atoms with Crippen LogP contribution in [0.4, 0.5) is 17.5 Å². The number of hydrogen-bond acceptors (Lipinski definition) is 9. The minimum absolute atomic E-state index is 0.155. The minimum Gasteiger partial charge on any atom is -0.472 e. The third kappa shape index (κ3) is 4.26. The van der Waals surface area contributed by atoms with Crippen LogP contribution in [0.5, 0.6) is 5.75 Å². The van der Waals surface area contributed by atoms with Crippen molar-refractivity contribution in [3.05, 3.63) is 46.8 Å². The monoisotopic (exact) mass is 477 g/mol. The number of rotatable bonds is 5. The lowest BCUT2D eigenvalue weighted by atomic mass is 10.0. The van der Waals surface area contributed by atoms with E-state index in [0.717, 1.165) is 48.8 Å². The van der Waals surface area contributed by atoms with Gasteiger partial charge in [0.2, 0.25) is 5.95 Å². The first-order valence-electron chi connectivity index (χ1n) is 11.8. The zero-order valence-corrected chi connectivity index (χ0v) is 19.7. The van der Waals surface area contributed by atoms with E-state index in [4.69, 9.17) is 9.47 Å². The molecule has 3 aliphatic rings. The van der Waals surface area contributed by atoms with E-state index in [1.165, 1.54) is 24.2 Å². The summed E-state index contributed by atoms with van der Waals surface area (Å²) in [7, 11) is 0. The standard InChI is InChI=1S/C25H27N5O3S/c31-20-15-22(30-11-13-32-14-12-30)33-23-19(16-34-24(20)23)17-3-5-18(6-4-17)27-25-26-8-7-21(28-25)29-9-1-2-10-29/h3-8,16,22H,1-2,9-15H2,(H,26,27,28). The van der Waals surface area contributed by atoms with E-state index in [0.29, 0.717) is 36.2 Å². The molecule has 0 saturated carbocycles. The van der Waals surface area contributed by atoms with Gasteiger partial charge in [0.25, 0.3) is 0 Å². The Bertz CT molecular complexity index is 1170. The van der Waals surface area contributed by atoms with E-state index >= 15 is 0 Å².